The number of hydrogen-bond donors (Lipinski definition) is 1. The molecule has 0 aliphatic heterocycles. The van der Waals surface area contributed by atoms with Gasteiger partial charge in [0, 0.05) is 5.56 Å². The zero-order valence-corrected chi connectivity index (χ0v) is 23.5. The van der Waals surface area contributed by atoms with E-state index in [1.807, 2.05) is 39.8 Å². The van der Waals surface area contributed by atoms with E-state index in [4.69, 9.17) is 0 Å². The molecule has 4 heteroatoms. The summed E-state index contributed by atoms with van der Waals surface area (Å²) in [4.78, 5) is 41.9. The van der Waals surface area contributed by atoms with Gasteiger partial charge in [0.05, 0.1) is 11.3 Å². The van der Waals surface area contributed by atoms with Crippen molar-refractivity contribution in [1.82, 2.24) is 0 Å². The molecule has 0 unspecified atom stereocenters. The van der Waals surface area contributed by atoms with Crippen molar-refractivity contribution >= 4 is 23.1 Å². The topological polar surface area (TPSA) is 71.4 Å². The summed E-state index contributed by atoms with van der Waals surface area (Å²) in [7, 11) is 0. The van der Waals surface area contributed by atoms with E-state index in [0.29, 0.717) is 18.4 Å². The zero-order chi connectivity index (χ0) is 27.5. The van der Waals surface area contributed by atoms with Crippen LogP contribution >= 0.6 is 0 Å². The number of benzene rings is 1. The number of rotatable bonds is 8. The molecule has 2 bridgehead atoms. The summed E-state index contributed by atoms with van der Waals surface area (Å²) in [5.41, 5.74) is 1.80. The van der Waals surface area contributed by atoms with E-state index in [2.05, 4.69) is 32.9 Å². The molecule has 2 saturated carbocycles. The van der Waals surface area contributed by atoms with E-state index in [0.717, 1.165) is 18.4 Å². The lowest BCUT2D eigenvalue weighted by atomic mass is 9.46. The number of hydrogen-bond acceptors (Lipinski definition) is 4. The lowest BCUT2D eigenvalue weighted by Gasteiger charge is -2.53. The maximum Gasteiger partial charge on any atom is 0.184 e. The molecule has 1 aromatic rings. The summed E-state index contributed by atoms with van der Waals surface area (Å²) in [6, 6.07) is 8.66. The molecule has 0 heterocycles. The zero-order valence-electron chi connectivity index (χ0n) is 23.5. The predicted molar refractivity (Wildman–Crippen MR) is 150 cm³/mol. The van der Waals surface area contributed by atoms with Crippen molar-refractivity contribution < 1.29 is 19.5 Å². The maximum atomic E-state index is 14.1. The highest BCUT2D eigenvalue weighted by Crippen LogP contribution is 2.58. The van der Waals surface area contributed by atoms with Crippen molar-refractivity contribution in [3.05, 3.63) is 76.4 Å². The van der Waals surface area contributed by atoms with Crippen LogP contribution in [0.2, 0.25) is 0 Å². The SMILES string of the molecule is CC(C)=CCC/C(C)=C/C[C@@H]1C[C@]2(CC=C(C)C)C(=O)C(=C(O)c3ccccc3)C(=O)[C@@H](C2=O)C1(C)C. The molecule has 3 rings (SSSR count). The Morgan fingerprint density at radius 3 is 2.16 bits per heavy atom. The molecule has 0 amide bonds. The summed E-state index contributed by atoms with van der Waals surface area (Å²) in [5.74, 6) is -2.65. The van der Waals surface area contributed by atoms with Crippen LogP contribution in [0.4, 0.5) is 0 Å². The molecule has 2 fully saturated rings. The monoisotopic (exact) mass is 502 g/mol. The van der Waals surface area contributed by atoms with Crippen LogP contribution in [0.3, 0.4) is 0 Å². The number of carbonyl (C=O) groups is 3. The van der Waals surface area contributed by atoms with Gasteiger partial charge in [0.2, 0.25) is 0 Å². The quantitative estimate of drug-likeness (QED) is 0.130. The van der Waals surface area contributed by atoms with Gasteiger partial charge in [-0.3, -0.25) is 14.4 Å². The van der Waals surface area contributed by atoms with Gasteiger partial charge in [0.15, 0.2) is 17.3 Å². The second-order valence-electron chi connectivity index (χ2n) is 12.0. The molecule has 2 aliphatic rings. The molecule has 2 aliphatic carbocycles. The van der Waals surface area contributed by atoms with Gasteiger partial charge in [-0.1, -0.05) is 79.1 Å². The summed E-state index contributed by atoms with van der Waals surface area (Å²) < 4.78 is 0. The van der Waals surface area contributed by atoms with Crippen LogP contribution in [0.15, 0.2) is 70.9 Å². The summed E-state index contributed by atoms with van der Waals surface area (Å²) in [6.07, 6.45) is 9.64. The first-order chi connectivity index (χ1) is 17.3. The van der Waals surface area contributed by atoms with Gasteiger partial charge in [0.25, 0.3) is 0 Å². The van der Waals surface area contributed by atoms with E-state index < -0.39 is 28.3 Å². The minimum absolute atomic E-state index is 0.0208. The first-order valence-corrected chi connectivity index (χ1v) is 13.4. The smallest absolute Gasteiger partial charge is 0.184 e. The third-order valence-corrected chi connectivity index (χ3v) is 8.28. The Labute approximate surface area is 222 Å². The second kappa shape index (κ2) is 11.2. The molecule has 1 N–H and O–H groups in total. The number of aliphatic hydroxyl groups excluding tert-OH is 1. The molecule has 0 aromatic heterocycles. The molecule has 198 valence electrons. The molecule has 0 radical (unpaired) electrons. The number of Topliss-reactive ketones (excluding diaryl/α,β-unsaturated/α-hetero) is 3. The standard InChI is InChI=1S/C33H42O4/c1-21(2)12-11-13-23(5)16-17-25-20-33(19-18-22(3)4)30(36)26(28(34)24-14-9-8-10-15-24)29(35)27(31(33)37)32(25,6)7/h8-10,12,14-16,18,25,27,34H,11,13,17,19-20H2,1-7H3/b23-16+,28-26?/t25-,27+,33-/m1/s1. The third-order valence-electron chi connectivity index (χ3n) is 8.28. The molecule has 0 saturated heterocycles. The van der Waals surface area contributed by atoms with Crippen LogP contribution in [-0.2, 0) is 14.4 Å². The minimum Gasteiger partial charge on any atom is -0.506 e. The van der Waals surface area contributed by atoms with Gasteiger partial charge >= 0.3 is 0 Å². The van der Waals surface area contributed by atoms with Gasteiger partial charge in [-0.05, 0) is 78.1 Å². The molecule has 3 atom stereocenters. The van der Waals surface area contributed by atoms with E-state index >= 15 is 0 Å². The van der Waals surface area contributed by atoms with Crippen LogP contribution in [0.1, 0.15) is 86.1 Å². The summed E-state index contributed by atoms with van der Waals surface area (Å²) in [6.45, 7) is 14.1. The molecule has 0 spiro atoms. The van der Waals surface area contributed by atoms with Gasteiger partial charge < -0.3 is 5.11 Å². The number of allylic oxidation sites excluding steroid dienone is 7. The van der Waals surface area contributed by atoms with Gasteiger partial charge in [-0.15, -0.1) is 0 Å². The molecular weight excluding hydrogens is 460 g/mol. The van der Waals surface area contributed by atoms with Crippen LogP contribution in [0, 0.1) is 22.7 Å². The minimum atomic E-state index is -1.34. The normalized spacial score (nSPS) is 26.6. The Bertz CT molecular complexity index is 1180. The molecule has 37 heavy (non-hydrogen) atoms. The average Bonchev–Trinajstić information content (AvgIpc) is 2.82. The van der Waals surface area contributed by atoms with Crippen molar-refractivity contribution in [1.29, 1.82) is 0 Å². The fourth-order valence-electron chi connectivity index (χ4n) is 5.83. The number of fused-ring (bicyclic) bond motifs is 2. The van der Waals surface area contributed by atoms with Crippen LogP contribution in [-0.4, -0.2) is 22.5 Å². The van der Waals surface area contributed by atoms with Crippen molar-refractivity contribution in [3.63, 3.8) is 0 Å². The number of ketones is 3. The highest BCUT2D eigenvalue weighted by Gasteiger charge is 2.66. The van der Waals surface area contributed by atoms with E-state index in [1.165, 1.54) is 11.1 Å². The summed E-state index contributed by atoms with van der Waals surface area (Å²) in [5, 5.41) is 11.2. The van der Waals surface area contributed by atoms with Crippen LogP contribution < -0.4 is 0 Å². The largest absolute Gasteiger partial charge is 0.506 e. The lowest BCUT2D eigenvalue weighted by molar-refractivity contribution is -0.162. The van der Waals surface area contributed by atoms with E-state index in [9.17, 15) is 19.5 Å². The Morgan fingerprint density at radius 2 is 1.57 bits per heavy atom. The molecule has 1 aromatic carbocycles. The third kappa shape index (κ3) is 5.63. The second-order valence-corrected chi connectivity index (χ2v) is 12.0. The number of carbonyl (C=O) groups excluding carboxylic acids is 3. The van der Waals surface area contributed by atoms with Crippen molar-refractivity contribution in [2.75, 3.05) is 0 Å². The summed E-state index contributed by atoms with van der Waals surface area (Å²) >= 11 is 0. The lowest BCUT2D eigenvalue weighted by Crippen LogP contribution is -2.62. The Balaban J connectivity index is 2.09. The fraction of sp³-hybridized carbons (Fsp3) is 0.485. The Morgan fingerprint density at radius 1 is 0.946 bits per heavy atom. The van der Waals surface area contributed by atoms with E-state index in [-0.39, 0.29) is 29.5 Å². The van der Waals surface area contributed by atoms with Gasteiger partial charge in [-0.2, -0.15) is 0 Å². The van der Waals surface area contributed by atoms with Crippen molar-refractivity contribution in [2.45, 2.75) is 80.6 Å². The fourth-order valence-corrected chi connectivity index (χ4v) is 5.83. The Hall–Kier alpha value is -3.01. The van der Waals surface area contributed by atoms with E-state index in [1.54, 1.807) is 24.3 Å². The van der Waals surface area contributed by atoms with Crippen molar-refractivity contribution in [2.24, 2.45) is 22.7 Å². The van der Waals surface area contributed by atoms with Gasteiger partial charge in [-0.25, -0.2) is 0 Å². The first-order valence-electron chi connectivity index (χ1n) is 13.4. The first kappa shape index (κ1) is 28.6. The highest BCUT2D eigenvalue weighted by molar-refractivity contribution is 6.39. The van der Waals surface area contributed by atoms with Gasteiger partial charge in [0.1, 0.15) is 11.3 Å². The Kier molecular flexibility index (Phi) is 8.62. The number of aliphatic hydroxyl groups is 1. The average molecular weight is 503 g/mol. The maximum absolute atomic E-state index is 14.1. The van der Waals surface area contributed by atoms with Crippen LogP contribution in [0.25, 0.3) is 5.76 Å². The molecule has 4 nitrogen and oxygen atoms in total. The molecular formula is C33H42O4. The van der Waals surface area contributed by atoms with Crippen molar-refractivity contribution in [3.8, 4) is 0 Å². The highest BCUT2D eigenvalue weighted by atomic mass is 16.3. The predicted octanol–water partition coefficient (Wildman–Crippen LogP) is 7.76. The van der Waals surface area contributed by atoms with Crippen LogP contribution in [0.5, 0.6) is 0 Å².